The van der Waals surface area contributed by atoms with Crippen molar-refractivity contribution in [3.63, 3.8) is 0 Å². The van der Waals surface area contributed by atoms with Gasteiger partial charge in [-0.05, 0) is 73.5 Å². The highest BCUT2D eigenvalue weighted by atomic mass is 19.1. The van der Waals surface area contributed by atoms with Gasteiger partial charge in [0, 0.05) is 29.0 Å². The number of aromatic carboxylic acids is 1. The highest BCUT2D eigenvalue weighted by molar-refractivity contribution is 6.16. The molecule has 10 heteroatoms. The van der Waals surface area contributed by atoms with Crippen LogP contribution in [-0.2, 0) is 9.59 Å². The van der Waals surface area contributed by atoms with E-state index in [0.717, 1.165) is 6.07 Å². The van der Waals surface area contributed by atoms with Gasteiger partial charge >= 0.3 is 5.97 Å². The Balaban J connectivity index is 1.29. The van der Waals surface area contributed by atoms with E-state index < -0.39 is 34.8 Å². The maximum Gasteiger partial charge on any atom is 0.335 e. The van der Waals surface area contributed by atoms with Gasteiger partial charge in [0.05, 0.1) is 11.1 Å². The van der Waals surface area contributed by atoms with Crippen molar-refractivity contribution in [1.82, 2.24) is 4.98 Å². The smallest absolute Gasteiger partial charge is 0.335 e. The van der Waals surface area contributed by atoms with Crippen LogP contribution in [0.3, 0.4) is 0 Å². The molecule has 1 saturated carbocycles. The summed E-state index contributed by atoms with van der Waals surface area (Å²) in [7, 11) is 0. The fraction of sp³-hybridized carbons (Fsp3) is 0.111. The summed E-state index contributed by atoms with van der Waals surface area (Å²) in [5.41, 5.74) is -0.356. The third-order valence-electron chi connectivity index (χ3n) is 6.08. The third-order valence-corrected chi connectivity index (χ3v) is 6.08. The monoisotopic (exact) mass is 503 g/mol. The molecule has 1 fully saturated rings. The maximum atomic E-state index is 14.9. The van der Waals surface area contributed by atoms with Gasteiger partial charge in [0.1, 0.15) is 17.0 Å². The molecule has 3 N–H and O–H groups in total. The van der Waals surface area contributed by atoms with E-state index in [1.54, 1.807) is 0 Å². The highest BCUT2D eigenvalue weighted by Crippen LogP contribution is 2.47. The first-order chi connectivity index (χ1) is 17.7. The number of carboxylic acids is 1. The molecule has 1 aromatic heterocycles. The number of hydrogen-bond donors (Lipinski definition) is 3. The molecule has 37 heavy (non-hydrogen) atoms. The Labute approximate surface area is 208 Å². The minimum absolute atomic E-state index is 0.0585. The molecule has 2 amide bonds. The molecule has 0 unspecified atom stereocenters. The van der Waals surface area contributed by atoms with Crippen LogP contribution in [0.4, 0.5) is 20.2 Å². The molecular weight excluding hydrogens is 484 g/mol. The molecule has 0 aliphatic heterocycles. The van der Waals surface area contributed by atoms with Crippen molar-refractivity contribution < 1.29 is 33.0 Å². The van der Waals surface area contributed by atoms with E-state index in [-0.39, 0.29) is 22.7 Å². The van der Waals surface area contributed by atoms with E-state index in [4.69, 9.17) is 9.84 Å². The van der Waals surface area contributed by atoms with Gasteiger partial charge in [-0.3, -0.25) is 14.6 Å². The lowest BCUT2D eigenvalue weighted by atomic mass is 10.0. The summed E-state index contributed by atoms with van der Waals surface area (Å²) in [6.45, 7) is 0. The predicted molar refractivity (Wildman–Crippen MR) is 131 cm³/mol. The zero-order chi connectivity index (χ0) is 26.2. The van der Waals surface area contributed by atoms with E-state index >= 15 is 0 Å². The summed E-state index contributed by atoms with van der Waals surface area (Å²) < 4.78 is 33.7. The van der Waals surface area contributed by atoms with Crippen molar-refractivity contribution in [2.24, 2.45) is 5.41 Å². The van der Waals surface area contributed by atoms with Crippen LogP contribution in [0.1, 0.15) is 23.2 Å². The first-order valence-corrected chi connectivity index (χ1v) is 11.2. The average Bonchev–Trinajstić information content (AvgIpc) is 3.69. The maximum absolute atomic E-state index is 14.9. The lowest BCUT2D eigenvalue weighted by Crippen LogP contribution is -2.35. The summed E-state index contributed by atoms with van der Waals surface area (Å²) in [5.74, 6) is -3.25. The van der Waals surface area contributed by atoms with Crippen LogP contribution in [0.25, 0.3) is 10.9 Å². The number of anilines is 2. The van der Waals surface area contributed by atoms with Crippen LogP contribution in [0.15, 0.2) is 72.9 Å². The van der Waals surface area contributed by atoms with Gasteiger partial charge in [-0.25, -0.2) is 13.6 Å². The predicted octanol–water partition coefficient (Wildman–Crippen LogP) is 5.36. The molecule has 1 aliphatic rings. The first-order valence-electron chi connectivity index (χ1n) is 11.2. The number of pyridine rings is 1. The Bertz CT molecular complexity index is 1550. The molecule has 0 bridgehead atoms. The van der Waals surface area contributed by atoms with Crippen LogP contribution in [0.5, 0.6) is 11.5 Å². The number of nitrogens with zero attached hydrogens (tertiary/aromatic N) is 1. The van der Waals surface area contributed by atoms with Crippen molar-refractivity contribution in [2.75, 3.05) is 10.6 Å². The second-order valence-electron chi connectivity index (χ2n) is 8.59. The Kier molecular flexibility index (Phi) is 6.00. The number of carboxylic acid groups (broad SMARTS) is 1. The number of nitrogens with one attached hydrogen (secondary N) is 2. The number of ether oxygens (including phenoxy) is 1. The molecule has 186 valence electrons. The van der Waals surface area contributed by atoms with Crippen LogP contribution < -0.4 is 15.4 Å². The molecule has 0 spiro atoms. The quantitative estimate of drug-likeness (QED) is 0.292. The lowest BCUT2D eigenvalue weighted by molar-refractivity contribution is -0.131. The van der Waals surface area contributed by atoms with E-state index in [2.05, 4.69) is 15.6 Å². The van der Waals surface area contributed by atoms with E-state index in [0.29, 0.717) is 29.4 Å². The van der Waals surface area contributed by atoms with Crippen LogP contribution in [0.2, 0.25) is 0 Å². The van der Waals surface area contributed by atoms with Crippen molar-refractivity contribution in [1.29, 1.82) is 0 Å². The fourth-order valence-electron chi connectivity index (χ4n) is 3.84. The summed E-state index contributed by atoms with van der Waals surface area (Å²) >= 11 is 0. The molecule has 0 atom stereocenters. The van der Waals surface area contributed by atoms with Crippen LogP contribution >= 0.6 is 0 Å². The normalized spacial score (nSPS) is 13.6. The minimum Gasteiger partial charge on any atom is -0.478 e. The minimum atomic E-state index is -1.29. The molecule has 0 saturated heterocycles. The van der Waals surface area contributed by atoms with Crippen molar-refractivity contribution in [3.05, 3.63) is 90.1 Å². The molecule has 1 heterocycles. The topological polar surface area (TPSA) is 118 Å². The van der Waals surface area contributed by atoms with Gasteiger partial charge in [-0.15, -0.1) is 0 Å². The van der Waals surface area contributed by atoms with Gasteiger partial charge in [0.15, 0.2) is 11.6 Å². The number of rotatable bonds is 7. The number of carbonyl (C=O) groups is 3. The summed E-state index contributed by atoms with van der Waals surface area (Å²) in [6, 6.07) is 14.9. The molecule has 4 aromatic rings. The Morgan fingerprint density at radius 1 is 0.838 bits per heavy atom. The van der Waals surface area contributed by atoms with Gasteiger partial charge in [-0.1, -0.05) is 0 Å². The van der Waals surface area contributed by atoms with Gasteiger partial charge in [0.2, 0.25) is 11.8 Å². The van der Waals surface area contributed by atoms with Crippen molar-refractivity contribution in [2.45, 2.75) is 12.8 Å². The molecule has 5 rings (SSSR count). The van der Waals surface area contributed by atoms with Crippen LogP contribution in [-0.4, -0.2) is 27.9 Å². The number of benzene rings is 3. The summed E-state index contributed by atoms with van der Waals surface area (Å²) in [4.78, 5) is 40.9. The molecule has 0 radical (unpaired) electrons. The highest BCUT2D eigenvalue weighted by Gasteiger charge is 2.56. The summed E-state index contributed by atoms with van der Waals surface area (Å²) in [6.07, 6.45) is 2.07. The van der Waals surface area contributed by atoms with Crippen molar-refractivity contribution >= 4 is 40.1 Å². The number of halogens is 2. The standard InChI is InChI=1S/C27H19F2N3O5/c28-16-2-4-17(5-3-16)31-25(35)27(10-11-27)26(36)32-18-6-8-23(20(29)14-18)37-22-9-12-30-21-13-15(24(33)34)1-7-19(21)22/h1-9,12-14H,10-11H2,(H,31,35)(H,32,36)(H,33,34). The van der Waals surface area contributed by atoms with Crippen molar-refractivity contribution in [3.8, 4) is 11.5 Å². The number of aromatic nitrogens is 1. The van der Waals surface area contributed by atoms with E-state index in [1.807, 2.05) is 0 Å². The van der Waals surface area contributed by atoms with Gasteiger partial charge < -0.3 is 20.5 Å². The SMILES string of the molecule is O=C(O)c1ccc2c(Oc3ccc(NC(=O)C4(C(=O)Nc5ccc(F)cc5)CC4)cc3F)ccnc2c1. The zero-order valence-corrected chi connectivity index (χ0v) is 19.1. The summed E-state index contributed by atoms with van der Waals surface area (Å²) in [5, 5.41) is 14.8. The second-order valence-corrected chi connectivity index (χ2v) is 8.59. The van der Waals surface area contributed by atoms with Gasteiger partial charge in [0.25, 0.3) is 0 Å². The van der Waals surface area contributed by atoms with Gasteiger partial charge in [-0.2, -0.15) is 0 Å². The molecule has 3 aromatic carbocycles. The Morgan fingerprint density at radius 3 is 2.16 bits per heavy atom. The Hall–Kier alpha value is -4.86. The third kappa shape index (κ3) is 4.81. The molecule has 8 nitrogen and oxygen atoms in total. The Morgan fingerprint density at radius 2 is 1.51 bits per heavy atom. The number of amides is 2. The molecular formula is C27H19F2N3O5. The number of carbonyl (C=O) groups excluding carboxylic acids is 2. The molecule has 1 aliphatic carbocycles. The lowest BCUT2D eigenvalue weighted by Gasteiger charge is -2.16. The fourth-order valence-corrected chi connectivity index (χ4v) is 3.84. The number of hydrogen-bond acceptors (Lipinski definition) is 5. The first kappa shape index (κ1) is 23.9. The largest absolute Gasteiger partial charge is 0.478 e. The van der Waals surface area contributed by atoms with E-state index in [1.165, 1.54) is 66.9 Å². The second kappa shape index (κ2) is 9.30. The number of fused-ring (bicyclic) bond motifs is 1. The zero-order valence-electron chi connectivity index (χ0n) is 19.1. The average molecular weight is 503 g/mol. The van der Waals surface area contributed by atoms with E-state index in [9.17, 15) is 23.2 Å². The van der Waals surface area contributed by atoms with Crippen LogP contribution in [0, 0.1) is 17.0 Å².